The van der Waals surface area contributed by atoms with Crippen LogP contribution < -0.4 is 0 Å². The standard InChI is InChI=1S/C40H57O4P/c1-5-9-11-13-15-17-19-37-30-40(36-27-23-34(24-28-36)32-45(42,43-7-3)44-8-4)38(20-18-16-14-12-10-6-2)29-39(37)35-25-21-33(31-41)22-26-35/h21-31H,5-20,32H2,1-4H3. The number of aryl methyl sites for hydroxylation is 2. The molecule has 0 atom stereocenters. The van der Waals surface area contributed by atoms with E-state index < -0.39 is 7.60 Å². The summed E-state index contributed by atoms with van der Waals surface area (Å²) >= 11 is 0. The highest BCUT2D eigenvalue weighted by atomic mass is 31.2. The molecule has 5 heteroatoms. The molecule has 0 aliphatic heterocycles. The van der Waals surface area contributed by atoms with Crippen molar-refractivity contribution in [1.82, 2.24) is 0 Å². The number of carbonyl (C=O) groups excluding carboxylic acids is 1. The Bertz CT molecular complexity index is 1300. The highest BCUT2D eigenvalue weighted by molar-refractivity contribution is 7.53. The Labute approximate surface area is 273 Å². The first kappa shape index (κ1) is 36.9. The maximum atomic E-state index is 13.2. The number of aldehydes is 1. The van der Waals surface area contributed by atoms with Gasteiger partial charge in [-0.05, 0) is 78.5 Å². The van der Waals surface area contributed by atoms with Crippen molar-refractivity contribution in [2.45, 2.75) is 124 Å². The fraction of sp³-hybridized carbons (Fsp3) is 0.525. The molecule has 3 aromatic rings. The molecule has 0 spiro atoms. The number of rotatable bonds is 23. The third-order valence-corrected chi connectivity index (χ3v) is 10.6. The first-order valence-corrected chi connectivity index (χ1v) is 19.4. The van der Waals surface area contributed by atoms with Crippen molar-refractivity contribution in [3.63, 3.8) is 0 Å². The molecule has 0 saturated heterocycles. The van der Waals surface area contributed by atoms with Crippen LogP contribution in [0.2, 0.25) is 0 Å². The van der Waals surface area contributed by atoms with Gasteiger partial charge in [0.15, 0.2) is 0 Å². The van der Waals surface area contributed by atoms with Crippen molar-refractivity contribution in [1.29, 1.82) is 0 Å². The molecule has 45 heavy (non-hydrogen) atoms. The zero-order valence-electron chi connectivity index (χ0n) is 28.5. The summed E-state index contributed by atoms with van der Waals surface area (Å²) in [4.78, 5) is 11.4. The molecule has 0 aliphatic carbocycles. The van der Waals surface area contributed by atoms with Gasteiger partial charge in [0, 0.05) is 5.56 Å². The van der Waals surface area contributed by atoms with Gasteiger partial charge in [0.1, 0.15) is 6.29 Å². The van der Waals surface area contributed by atoms with Crippen molar-refractivity contribution in [2.24, 2.45) is 0 Å². The molecule has 0 radical (unpaired) electrons. The Morgan fingerprint density at radius 2 is 1.00 bits per heavy atom. The van der Waals surface area contributed by atoms with Gasteiger partial charge in [0.05, 0.1) is 19.4 Å². The summed E-state index contributed by atoms with van der Waals surface area (Å²) in [5.74, 6) is 0. The largest absolute Gasteiger partial charge is 0.335 e. The summed E-state index contributed by atoms with van der Waals surface area (Å²) in [6.45, 7) is 8.96. The summed E-state index contributed by atoms with van der Waals surface area (Å²) in [5, 5.41) is 0. The van der Waals surface area contributed by atoms with E-state index in [-0.39, 0.29) is 6.16 Å². The van der Waals surface area contributed by atoms with Crippen LogP contribution in [0.25, 0.3) is 22.3 Å². The number of hydrogen-bond acceptors (Lipinski definition) is 4. The summed E-state index contributed by atoms with van der Waals surface area (Å²) in [6, 6.07) is 21.4. The second-order valence-electron chi connectivity index (χ2n) is 12.2. The molecule has 0 fully saturated rings. The van der Waals surface area contributed by atoms with Crippen LogP contribution in [0.5, 0.6) is 0 Å². The minimum atomic E-state index is -3.16. The van der Waals surface area contributed by atoms with Gasteiger partial charge in [0.2, 0.25) is 0 Å². The molecule has 246 valence electrons. The number of carbonyl (C=O) groups is 1. The van der Waals surface area contributed by atoms with E-state index in [0.29, 0.717) is 18.8 Å². The molecule has 0 unspecified atom stereocenters. The summed E-state index contributed by atoms with van der Waals surface area (Å²) in [6.07, 6.45) is 18.4. The van der Waals surface area contributed by atoms with Crippen LogP contribution in [0.4, 0.5) is 0 Å². The highest BCUT2D eigenvalue weighted by Gasteiger charge is 2.24. The van der Waals surface area contributed by atoms with Crippen LogP contribution >= 0.6 is 7.60 Å². The fourth-order valence-corrected chi connectivity index (χ4v) is 7.81. The van der Waals surface area contributed by atoms with Crippen molar-refractivity contribution < 1.29 is 18.4 Å². The number of benzene rings is 3. The summed E-state index contributed by atoms with van der Waals surface area (Å²) in [5.41, 5.74) is 9.35. The highest BCUT2D eigenvalue weighted by Crippen LogP contribution is 2.51. The molecule has 0 N–H and O–H groups in total. The molecule has 0 bridgehead atoms. The molecular weight excluding hydrogens is 575 g/mol. The van der Waals surface area contributed by atoms with Crippen LogP contribution in [0, 0.1) is 0 Å². The molecule has 0 saturated carbocycles. The second-order valence-corrected chi connectivity index (χ2v) is 14.3. The Hall–Kier alpha value is -2.52. The lowest BCUT2D eigenvalue weighted by molar-refractivity contribution is 0.112. The van der Waals surface area contributed by atoms with Crippen LogP contribution in [0.1, 0.15) is 132 Å². The van der Waals surface area contributed by atoms with Gasteiger partial charge in [0.25, 0.3) is 0 Å². The van der Waals surface area contributed by atoms with E-state index in [1.807, 2.05) is 26.0 Å². The van der Waals surface area contributed by atoms with E-state index in [2.05, 4.69) is 62.4 Å². The van der Waals surface area contributed by atoms with Crippen molar-refractivity contribution in [2.75, 3.05) is 13.2 Å². The average Bonchev–Trinajstić information content (AvgIpc) is 3.05. The van der Waals surface area contributed by atoms with Crippen LogP contribution in [-0.4, -0.2) is 19.5 Å². The number of hydrogen-bond donors (Lipinski definition) is 0. The van der Waals surface area contributed by atoms with Crippen LogP contribution in [0.15, 0.2) is 60.7 Å². The van der Waals surface area contributed by atoms with E-state index in [1.165, 1.54) is 110 Å². The molecule has 3 rings (SSSR count). The molecule has 0 heterocycles. The molecule has 4 nitrogen and oxygen atoms in total. The topological polar surface area (TPSA) is 52.6 Å². The van der Waals surface area contributed by atoms with Crippen molar-refractivity contribution in [3.05, 3.63) is 82.9 Å². The fourth-order valence-electron chi connectivity index (χ4n) is 6.11. The second kappa shape index (κ2) is 20.6. The molecule has 3 aromatic carbocycles. The normalized spacial score (nSPS) is 11.6. The minimum Gasteiger partial charge on any atom is -0.309 e. The SMILES string of the molecule is CCCCCCCCc1cc(-c2ccc(CP(=O)(OCC)OCC)cc2)c(CCCCCCCC)cc1-c1ccc(C=O)cc1. The van der Waals surface area contributed by atoms with E-state index in [0.717, 1.165) is 24.7 Å². The van der Waals surface area contributed by atoms with Gasteiger partial charge < -0.3 is 9.05 Å². The Morgan fingerprint density at radius 3 is 1.42 bits per heavy atom. The lowest BCUT2D eigenvalue weighted by atomic mass is 9.86. The van der Waals surface area contributed by atoms with Gasteiger partial charge in [-0.25, -0.2) is 0 Å². The average molecular weight is 633 g/mol. The van der Waals surface area contributed by atoms with Gasteiger partial charge in [-0.1, -0.05) is 139 Å². The molecule has 0 aromatic heterocycles. The van der Waals surface area contributed by atoms with Crippen molar-refractivity contribution in [3.8, 4) is 22.3 Å². The van der Waals surface area contributed by atoms with Gasteiger partial charge in [-0.2, -0.15) is 0 Å². The zero-order chi connectivity index (χ0) is 32.3. The van der Waals surface area contributed by atoms with E-state index in [4.69, 9.17) is 9.05 Å². The van der Waals surface area contributed by atoms with Gasteiger partial charge in [-0.15, -0.1) is 0 Å². The van der Waals surface area contributed by atoms with Crippen LogP contribution in [-0.2, 0) is 32.6 Å². The van der Waals surface area contributed by atoms with Crippen molar-refractivity contribution >= 4 is 13.9 Å². The first-order chi connectivity index (χ1) is 22.0. The minimum absolute atomic E-state index is 0.276. The smallest absolute Gasteiger partial charge is 0.309 e. The Morgan fingerprint density at radius 1 is 0.578 bits per heavy atom. The third kappa shape index (κ3) is 12.3. The predicted octanol–water partition coefficient (Wildman–Crippen LogP) is 12.4. The maximum Gasteiger partial charge on any atom is 0.335 e. The van der Waals surface area contributed by atoms with Crippen LogP contribution in [0.3, 0.4) is 0 Å². The first-order valence-electron chi connectivity index (χ1n) is 17.7. The summed E-state index contributed by atoms with van der Waals surface area (Å²) < 4.78 is 24.3. The van der Waals surface area contributed by atoms with E-state index >= 15 is 0 Å². The monoisotopic (exact) mass is 632 g/mol. The molecular formula is C40H57O4P. The molecule has 0 aliphatic rings. The third-order valence-electron chi connectivity index (χ3n) is 8.58. The quantitative estimate of drug-likeness (QED) is 0.0593. The zero-order valence-corrected chi connectivity index (χ0v) is 29.3. The lowest BCUT2D eigenvalue weighted by Gasteiger charge is -2.19. The van der Waals surface area contributed by atoms with Gasteiger partial charge >= 0.3 is 7.60 Å². The maximum absolute atomic E-state index is 13.2. The number of unbranched alkanes of at least 4 members (excludes halogenated alkanes) is 10. The molecule has 0 amide bonds. The Balaban J connectivity index is 1.98. The van der Waals surface area contributed by atoms with Gasteiger partial charge in [-0.3, -0.25) is 9.36 Å². The summed E-state index contributed by atoms with van der Waals surface area (Å²) in [7, 11) is -3.16. The predicted molar refractivity (Wildman–Crippen MR) is 191 cm³/mol. The van der Waals surface area contributed by atoms with E-state index in [1.54, 1.807) is 0 Å². The lowest BCUT2D eigenvalue weighted by Crippen LogP contribution is -2.00. The van der Waals surface area contributed by atoms with E-state index in [9.17, 15) is 9.36 Å². The Kier molecular flexibility index (Phi) is 16.9.